The maximum atomic E-state index is 7.14. The summed E-state index contributed by atoms with van der Waals surface area (Å²) < 4.78 is 0. The summed E-state index contributed by atoms with van der Waals surface area (Å²) in [6.07, 6.45) is 2.07. The third-order valence-electron chi connectivity index (χ3n) is 1.78. The van der Waals surface area contributed by atoms with Crippen LogP contribution in [0.1, 0.15) is 12.8 Å². The SMILES string of the molecule is Cl.Cl.N=C(N)C1CCNCC1.O. The van der Waals surface area contributed by atoms with Gasteiger partial charge in [0.05, 0.1) is 5.84 Å². The molecule has 0 aliphatic carbocycles. The second-order valence-electron chi connectivity index (χ2n) is 2.48. The smallest absolute Gasteiger partial charge is 0.0937 e. The molecule has 0 aromatic rings. The van der Waals surface area contributed by atoms with E-state index in [0.29, 0.717) is 11.8 Å². The summed E-state index contributed by atoms with van der Waals surface area (Å²) in [6.45, 7) is 2.04. The van der Waals surface area contributed by atoms with Crippen molar-refractivity contribution >= 4 is 30.6 Å². The first-order valence-corrected chi connectivity index (χ1v) is 3.35. The Morgan fingerprint density at radius 1 is 1.25 bits per heavy atom. The van der Waals surface area contributed by atoms with Crippen molar-refractivity contribution in [2.45, 2.75) is 12.8 Å². The van der Waals surface area contributed by atoms with Gasteiger partial charge in [0, 0.05) is 5.92 Å². The zero-order valence-corrected chi connectivity index (χ0v) is 8.43. The van der Waals surface area contributed by atoms with E-state index in [1.807, 2.05) is 0 Å². The van der Waals surface area contributed by atoms with Crippen LogP contribution in [-0.4, -0.2) is 24.4 Å². The molecular weight excluding hydrogens is 201 g/mol. The molecule has 6 N–H and O–H groups in total. The average Bonchev–Trinajstić information content (AvgIpc) is 1.90. The largest absolute Gasteiger partial charge is 0.412 e. The highest BCUT2D eigenvalue weighted by molar-refractivity contribution is 5.85. The molecule has 0 aromatic carbocycles. The Bertz CT molecular complexity index is 117. The molecule has 0 radical (unpaired) electrons. The lowest BCUT2D eigenvalue weighted by molar-refractivity contribution is 0.453. The predicted octanol–water partition coefficient (Wildman–Crippen LogP) is -0.0591. The van der Waals surface area contributed by atoms with Crippen molar-refractivity contribution in [1.29, 1.82) is 5.41 Å². The molecule has 76 valence electrons. The van der Waals surface area contributed by atoms with E-state index >= 15 is 0 Å². The van der Waals surface area contributed by atoms with Gasteiger partial charge in [0.15, 0.2) is 0 Å². The molecule has 0 spiro atoms. The number of hydrogen-bond acceptors (Lipinski definition) is 2. The van der Waals surface area contributed by atoms with Gasteiger partial charge in [-0.2, -0.15) is 0 Å². The van der Waals surface area contributed by atoms with Crippen molar-refractivity contribution in [3.8, 4) is 0 Å². The number of hydrogen-bond donors (Lipinski definition) is 3. The van der Waals surface area contributed by atoms with Crippen molar-refractivity contribution in [3.05, 3.63) is 0 Å². The van der Waals surface area contributed by atoms with Crippen LogP contribution < -0.4 is 11.1 Å². The van der Waals surface area contributed by atoms with E-state index in [1.54, 1.807) is 0 Å². The third-order valence-corrected chi connectivity index (χ3v) is 1.78. The monoisotopic (exact) mass is 217 g/mol. The Hall–Kier alpha value is -0.0300. The zero-order chi connectivity index (χ0) is 6.69. The molecule has 1 saturated heterocycles. The number of nitrogens with one attached hydrogen (secondary N) is 2. The van der Waals surface area contributed by atoms with Crippen LogP contribution in [0.3, 0.4) is 0 Å². The van der Waals surface area contributed by atoms with Gasteiger partial charge in [0.25, 0.3) is 0 Å². The van der Waals surface area contributed by atoms with Gasteiger partial charge in [-0.25, -0.2) is 0 Å². The molecular formula is C6H17Cl2N3O. The second-order valence-corrected chi connectivity index (χ2v) is 2.48. The van der Waals surface area contributed by atoms with Gasteiger partial charge < -0.3 is 16.5 Å². The summed E-state index contributed by atoms with van der Waals surface area (Å²) in [5.74, 6) is 0.711. The van der Waals surface area contributed by atoms with Crippen LogP contribution >= 0.6 is 24.8 Å². The molecule has 1 aliphatic rings. The number of rotatable bonds is 1. The van der Waals surface area contributed by atoms with E-state index in [-0.39, 0.29) is 30.3 Å². The Morgan fingerprint density at radius 2 is 1.67 bits per heavy atom. The number of nitrogens with two attached hydrogens (primary N) is 1. The van der Waals surface area contributed by atoms with Gasteiger partial charge in [-0.05, 0) is 25.9 Å². The highest BCUT2D eigenvalue weighted by atomic mass is 35.5. The fourth-order valence-corrected chi connectivity index (χ4v) is 1.13. The molecule has 1 heterocycles. The fourth-order valence-electron chi connectivity index (χ4n) is 1.13. The van der Waals surface area contributed by atoms with Crippen LogP contribution in [0, 0.1) is 11.3 Å². The molecule has 0 amide bonds. The van der Waals surface area contributed by atoms with Gasteiger partial charge in [-0.3, -0.25) is 5.41 Å². The highest BCUT2D eigenvalue weighted by Gasteiger charge is 2.14. The second kappa shape index (κ2) is 9.06. The minimum absolute atomic E-state index is 0. The molecule has 12 heavy (non-hydrogen) atoms. The lowest BCUT2D eigenvalue weighted by Gasteiger charge is -2.20. The lowest BCUT2D eigenvalue weighted by Crippen LogP contribution is -2.34. The molecule has 1 rings (SSSR count). The highest BCUT2D eigenvalue weighted by Crippen LogP contribution is 2.09. The topological polar surface area (TPSA) is 93.4 Å². The summed E-state index contributed by atoms with van der Waals surface area (Å²) in [5, 5.41) is 10.4. The van der Waals surface area contributed by atoms with Crippen LogP contribution in [0.4, 0.5) is 0 Å². The molecule has 0 bridgehead atoms. The van der Waals surface area contributed by atoms with Gasteiger partial charge in [-0.1, -0.05) is 0 Å². The first-order valence-electron chi connectivity index (χ1n) is 3.35. The molecule has 1 aliphatic heterocycles. The molecule has 0 unspecified atom stereocenters. The van der Waals surface area contributed by atoms with Gasteiger partial charge in [0.2, 0.25) is 0 Å². The molecule has 1 fully saturated rings. The van der Waals surface area contributed by atoms with Crippen LogP contribution in [0.2, 0.25) is 0 Å². The summed E-state index contributed by atoms with van der Waals surface area (Å²) in [5.41, 5.74) is 5.32. The average molecular weight is 218 g/mol. The normalized spacial score (nSPS) is 16.3. The van der Waals surface area contributed by atoms with Crippen LogP contribution in [-0.2, 0) is 0 Å². The third kappa shape index (κ3) is 5.60. The van der Waals surface area contributed by atoms with Crippen molar-refractivity contribution in [2.24, 2.45) is 11.7 Å². The van der Waals surface area contributed by atoms with Crippen molar-refractivity contribution < 1.29 is 5.48 Å². The van der Waals surface area contributed by atoms with Crippen molar-refractivity contribution in [3.63, 3.8) is 0 Å². The van der Waals surface area contributed by atoms with Gasteiger partial charge in [-0.15, -0.1) is 24.8 Å². The van der Waals surface area contributed by atoms with E-state index in [2.05, 4.69) is 5.32 Å². The number of amidine groups is 1. The maximum absolute atomic E-state index is 7.14. The van der Waals surface area contributed by atoms with Crippen LogP contribution in [0.15, 0.2) is 0 Å². The summed E-state index contributed by atoms with van der Waals surface area (Å²) in [4.78, 5) is 0. The van der Waals surface area contributed by atoms with E-state index in [0.717, 1.165) is 25.9 Å². The minimum Gasteiger partial charge on any atom is -0.412 e. The van der Waals surface area contributed by atoms with E-state index in [4.69, 9.17) is 11.1 Å². The molecule has 0 atom stereocenters. The predicted molar refractivity (Wildman–Crippen MR) is 55.6 cm³/mol. The van der Waals surface area contributed by atoms with Crippen molar-refractivity contribution in [2.75, 3.05) is 13.1 Å². The lowest BCUT2D eigenvalue weighted by atomic mass is 9.97. The standard InChI is InChI=1S/C6H13N3.2ClH.H2O/c7-6(8)5-1-3-9-4-2-5;;;/h5,9H,1-4H2,(H3,7,8);2*1H;1H2. The number of halogens is 2. The van der Waals surface area contributed by atoms with E-state index in [9.17, 15) is 0 Å². The number of piperidine rings is 1. The zero-order valence-electron chi connectivity index (χ0n) is 6.80. The van der Waals surface area contributed by atoms with E-state index < -0.39 is 0 Å². The molecule has 6 heteroatoms. The summed E-state index contributed by atoms with van der Waals surface area (Å²) in [6, 6.07) is 0. The Morgan fingerprint density at radius 3 is 1.92 bits per heavy atom. The molecule has 0 saturated carbocycles. The quantitative estimate of drug-likeness (QED) is 0.425. The Labute approximate surface area is 84.9 Å². The first kappa shape index (κ1) is 17.9. The van der Waals surface area contributed by atoms with Crippen LogP contribution in [0.5, 0.6) is 0 Å². The maximum Gasteiger partial charge on any atom is 0.0937 e. The van der Waals surface area contributed by atoms with Crippen LogP contribution in [0.25, 0.3) is 0 Å². The Kier molecular flexibility index (Phi) is 13.5. The molecule has 0 aromatic heterocycles. The van der Waals surface area contributed by atoms with E-state index in [1.165, 1.54) is 0 Å². The van der Waals surface area contributed by atoms with Crippen molar-refractivity contribution in [1.82, 2.24) is 5.32 Å². The Balaban J connectivity index is -0.000000270. The van der Waals surface area contributed by atoms with Gasteiger partial charge in [0.1, 0.15) is 0 Å². The minimum atomic E-state index is 0. The fraction of sp³-hybridized carbons (Fsp3) is 0.833. The first-order chi connectivity index (χ1) is 4.30. The summed E-state index contributed by atoms with van der Waals surface area (Å²) in [7, 11) is 0. The summed E-state index contributed by atoms with van der Waals surface area (Å²) >= 11 is 0. The molecule has 4 nitrogen and oxygen atoms in total. The van der Waals surface area contributed by atoms with Gasteiger partial charge >= 0.3 is 0 Å².